The number of nitrogens with one attached hydrogen (secondary N) is 1. The van der Waals surface area contributed by atoms with Gasteiger partial charge in [0.2, 0.25) is 0 Å². The highest BCUT2D eigenvalue weighted by atomic mass is 35.5. The van der Waals surface area contributed by atoms with Crippen molar-refractivity contribution in [2.75, 3.05) is 5.32 Å². The molecule has 0 aliphatic carbocycles. The first kappa shape index (κ1) is 13.0. The van der Waals surface area contributed by atoms with E-state index in [-0.39, 0.29) is 5.82 Å². The van der Waals surface area contributed by atoms with E-state index in [0.717, 1.165) is 22.3 Å². The van der Waals surface area contributed by atoms with Crippen molar-refractivity contribution in [2.24, 2.45) is 0 Å². The number of rotatable bonds is 3. The predicted molar refractivity (Wildman–Crippen MR) is 79.7 cm³/mol. The molecule has 0 saturated heterocycles. The Kier molecular flexibility index (Phi) is 3.36. The van der Waals surface area contributed by atoms with Crippen molar-refractivity contribution >= 4 is 28.3 Å². The number of halogens is 2. The summed E-state index contributed by atoms with van der Waals surface area (Å²) in [6.07, 6.45) is 0. The smallest absolute Gasteiger partial charge is 0.134 e. The van der Waals surface area contributed by atoms with Gasteiger partial charge in [-0.2, -0.15) is 0 Å². The lowest BCUT2D eigenvalue weighted by Gasteiger charge is -2.07. The molecule has 0 saturated carbocycles. The minimum Gasteiger partial charge on any atom is -0.461 e. The van der Waals surface area contributed by atoms with Crippen LogP contribution in [0.4, 0.5) is 10.1 Å². The van der Waals surface area contributed by atoms with Gasteiger partial charge in [-0.3, -0.25) is 0 Å². The van der Waals surface area contributed by atoms with Gasteiger partial charge < -0.3 is 9.73 Å². The topological polar surface area (TPSA) is 25.2 Å². The molecule has 0 atom stereocenters. The standard InChI is InChI=1S/C16H13ClFNO/c1-10-15(14-4-2-3-5-16(14)20-10)9-19-13-7-11(17)6-12(18)8-13/h2-8,19H,9H2,1H3. The van der Waals surface area contributed by atoms with E-state index in [0.29, 0.717) is 17.3 Å². The second kappa shape index (κ2) is 5.17. The maximum absolute atomic E-state index is 13.3. The zero-order valence-electron chi connectivity index (χ0n) is 10.9. The highest BCUT2D eigenvalue weighted by molar-refractivity contribution is 6.30. The number of hydrogen-bond donors (Lipinski definition) is 1. The summed E-state index contributed by atoms with van der Waals surface area (Å²) in [6, 6.07) is 12.3. The number of fused-ring (bicyclic) bond motifs is 1. The first-order valence-corrected chi connectivity index (χ1v) is 6.68. The summed E-state index contributed by atoms with van der Waals surface area (Å²) < 4.78 is 19.0. The van der Waals surface area contributed by atoms with Gasteiger partial charge >= 0.3 is 0 Å². The molecule has 0 fully saturated rings. The van der Waals surface area contributed by atoms with Gasteiger partial charge in [0.05, 0.1) is 0 Å². The van der Waals surface area contributed by atoms with Crippen LogP contribution in [0.5, 0.6) is 0 Å². The summed E-state index contributed by atoms with van der Waals surface area (Å²) >= 11 is 5.84. The van der Waals surface area contributed by atoms with Crippen LogP contribution in [-0.2, 0) is 6.54 Å². The zero-order valence-corrected chi connectivity index (χ0v) is 11.7. The Bertz CT molecular complexity index is 746. The van der Waals surface area contributed by atoms with Crippen LogP contribution in [0.3, 0.4) is 0 Å². The summed E-state index contributed by atoms with van der Waals surface area (Å²) in [5.41, 5.74) is 2.58. The lowest BCUT2D eigenvalue weighted by molar-refractivity contribution is 0.573. The molecule has 0 bridgehead atoms. The van der Waals surface area contributed by atoms with Gasteiger partial charge in [-0.15, -0.1) is 0 Å². The Morgan fingerprint density at radius 1 is 1.20 bits per heavy atom. The van der Waals surface area contributed by atoms with Crippen molar-refractivity contribution in [1.82, 2.24) is 0 Å². The number of anilines is 1. The van der Waals surface area contributed by atoms with E-state index in [1.807, 2.05) is 31.2 Å². The van der Waals surface area contributed by atoms with E-state index in [1.54, 1.807) is 6.07 Å². The van der Waals surface area contributed by atoms with Crippen LogP contribution in [0.25, 0.3) is 11.0 Å². The van der Waals surface area contributed by atoms with E-state index in [2.05, 4.69) is 5.32 Å². The quantitative estimate of drug-likeness (QED) is 0.721. The van der Waals surface area contributed by atoms with Gasteiger partial charge in [-0.1, -0.05) is 29.8 Å². The number of aryl methyl sites for hydroxylation is 1. The number of hydrogen-bond acceptors (Lipinski definition) is 2. The SMILES string of the molecule is Cc1oc2ccccc2c1CNc1cc(F)cc(Cl)c1. The van der Waals surface area contributed by atoms with E-state index in [4.69, 9.17) is 16.0 Å². The number of para-hydroxylation sites is 1. The molecule has 4 heteroatoms. The molecule has 2 aromatic carbocycles. The van der Waals surface area contributed by atoms with E-state index in [9.17, 15) is 4.39 Å². The van der Waals surface area contributed by atoms with E-state index < -0.39 is 0 Å². The molecule has 1 aromatic heterocycles. The first-order valence-electron chi connectivity index (χ1n) is 6.30. The minimum absolute atomic E-state index is 0.353. The Morgan fingerprint density at radius 3 is 2.80 bits per heavy atom. The van der Waals surface area contributed by atoms with Crippen LogP contribution in [0.15, 0.2) is 46.9 Å². The highest BCUT2D eigenvalue weighted by Crippen LogP contribution is 2.26. The zero-order chi connectivity index (χ0) is 14.1. The average molecular weight is 290 g/mol. The van der Waals surface area contributed by atoms with Gasteiger partial charge in [0.25, 0.3) is 0 Å². The summed E-state index contributed by atoms with van der Waals surface area (Å²) in [5.74, 6) is 0.509. The molecule has 3 aromatic rings. The first-order chi connectivity index (χ1) is 9.63. The molecule has 0 radical (unpaired) electrons. The molecule has 0 amide bonds. The van der Waals surface area contributed by atoms with Crippen LogP contribution in [0.2, 0.25) is 5.02 Å². The van der Waals surface area contributed by atoms with Crippen molar-refractivity contribution in [3.8, 4) is 0 Å². The minimum atomic E-state index is -0.353. The fourth-order valence-corrected chi connectivity index (χ4v) is 2.51. The van der Waals surface area contributed by atoms with Crippen LogP contribution >= 0.6 is 11.6 Å². The number of furan rings is 1. The van der Waals surface area contributed by atoms with Crippen molar-refractivity contribution in [1.29, 1.82) is 0 Å². The maximum atomic E-state index is 13.3. The van der Waals surface area contributed by atoms with Crippen LogP contribution < -0.4 is 5.32 Å². The molecular weight excluding hydrogens is 277 g/mol. The molecule has 20 heavy (non-hydrogen) atoms. The summed E-state index contributed by atoms with van der Waals surface area (Å²) in [5, 5.41) is 4.62. The van der Waals surface area contributed by atoms with Crippen molar-refractivity contribution in [3.05, 3.63) is 64.6 Å². The van der Waals surface area contributed by atoms with Gasteiger partial charge in [0.15, 0.2) is 0 Å². The monoisotopic (exact) mass is 289 g/mol. The third-order valence-electron chi connectivity index (χ3n) is 3.23. The molecule has 1 N–H and O–H groups in total. The van der Waals surface area contributed by atoms with Gasteiger partial charge in [0, 0.05) is 28.2 Å². The Hall–Kier alpha value is -2.00. The number of benzene rings is 2. The van der Waals surface area contributed by atoms with Crippen LogP contribution in [-0.4, -0.2) is 0 Å². The Morgan fingerprint density at radius 2 is 2.00 bits per heavy atom. The Balaban J connectivity index is 1.88. The molecule has 0 unspecified atom stereocenters. The third-order valence-corrected chi connectivity index (χ3v) is 3.45. The highest BCUT2D eigenvalue weighted by Gasteiger charge is 2.10. The molecule has 102 valence electrons. The maximum Gasteiger partial charge on any atom is 0.134 e. The fraction of sp³-hybridized carbons (Fsp3) is 0.125. The van der Waals surface area contributed by atoms with E-state index in [1.165, 1.54) is 12.1 Å². The fourth-order valence-electron chi connectivity index (χ4n) is 2.29. The van der Waals surface area contributed by atoms with Gasteiger partial charge in [0.1, 0.15) is 17.2 Å². The lowest BCUT2D eigenvalue weighted by Crippen LogP contribution is -2.00. The Labute approximate surface area is 121 Å². The lowest BCUT2D eigenvalue weighted by atomic mass is 10.1. The predicted octanol–water partition coefficient (Wildman–Crippen LogP) is 5.15. The van der Waals surface area contributed by atoms with Crippen molar-refractivity contribution in [2.45, 2.75) is 13.5 Å². The summed E-state index contributed by atoms with van der Waals surface area (Å²) in [7, 11) is 0. The molecule has 0 spiro atoms. The van der Waals surface area contributed by atoms with E-state index >= 15 is 0 Å². The molecular formula is C16H13ClFNO. The molecule has 0 aliphatic rings. The average Bonchev–Trinajstić information content (AvgIpc) is 2.71. The van der Waals surface area contributed by atoms with Gasteiger partial charge in [-0.05, 0) is 31.2 Å². The van der Waals surface area contributed by atoms with Crippen molar-refractivity contribution < 1.29 is 8.81 Å². The van der Waals surface area contributed by atoms with Crippen LogP contribution in [0.1, 0.15) is 11.3 Å². The van der Waals surface area contributed by atoms with Crippen LogP contribution in [0, 0.1) is 12.7 Å². The second-order valence-corrected chi connectivity index (χ2v) is 5.08. The molecule has 3 rings (SSSR count). The van der Waals surface area contributed by atoms with Gasteiger partial charge in [-0.25, -0.2) is 4.39 Å². The largest absolute Gasteiger partial charge is 0.461 e. The molecule has 2 nitrogen and oxygen atoms in total. The molecule has 1 heterocycles. The third kappa shape index (κ3) is 2.49. The summed E-state index contributed by atoms with van der Waals surface area (Å²) in [4.78, 5) is 0. The van der Waals surface area contributed by atoms with Crippen molar-refractivity contribution in [3.63, 3.8) is 0 Å². The molecule has 0 aliphatic heterocycles. The summed E-state index contributed by atoms with van der Waals surface area (Å²) in [6.45, 7) is 2.48. The second-order valence-electron chi connectivity index (χ2n) is 4.64. The normalized spacial score (nSPS) is 10.9.